The van der Waals surface area contributed by atoms with Crippen molar-refractivity contribution in [2.45, 2.75) is 64.0 Å². The van der Waals surface area contributed by atoms with E-state index >= 15 is 0 Å². The van der Waals surface area contributed by atoms with Gasteiger partial charge in [-0.05, 0) is 71.4 Å². The van der Waals surface area contributed by atoms with Crippen molar-refractivity contribution < 1.29 is 26.2 Å². The van der Waals surface area contributed by atoms with Gasteiger partial charge in [0.15, 0.2) is 0 Å². The van der Waals surface area contributed by atoms with Gasteiger partial charge in [-0.3, -0.25) is 0 Å². The third-order valence-corrected chi connectivity index (χ3v) is 9.20. The molecule has 180 valence electrons. The Morgan fingerprint density at radius 1 is 1.11 bits per heavy atom. The van der Waals surface area contributed by atoms with Crippen LogP contribution in [0, 0.1) is 0 Å². The van der Waals surface area contributed by atoms with Gasteiger partial charge in [0, 0.05) is 40.9 Å². The van der Waals surface area contributed by atoms with Crippen molar-refractivity contribution in [3.05, 3.63) is 88.9 Å². The molecule has 4 heteroatoms. The van der Waals surface area contributed by atoms with E-state index < -0.39 is 8.84 Å². The van der Waals surface area contributed by atoms with E-state index in [1.807, 2.05) is 19.1 Å². The van der Waals surface area contributed by atoms with E-state index in [0.717, 1.165) is 12.8 Å². The second-order valence-electron chi connectivity index (χ2n) is 9.51. The molecule has 0 aliphatic heterocycles. The molecule has 5 aliphatic carbocycles. The molecule has 0 aromatic heterocycles. The number of allylic oxidation sites excluding steroid dienone is 6. The van der Waals surface area contributed by atoms with Gasteiger partial charge in [0.1, 0.15) is 0 Å². The van der Waals surface area contributed by atoms with Crippen molar-refractivity contribution in [3.63, 3.8) is 0 Å². The first-order valence-corrected chi connectivity index (χ1v) is 14.3. The fraction of sp³-hybridized carbons (Fsp3) is 0.355. The van der Waals surface area contributed by atoms with E-state index in [9.17, 15) is 4.46 Å². The van der Waals surface area contributed by atoms with Crippen LogP contribution in [-0.4, -0.2) is 26.5 Å². The summed E-state index contributed by atoms with van der Waals surface area (Å²) in [6.45, 7) is 5.42. The minimum Gasteiger partial charge on any atom is -0.377 e. The molecule has 5 rings (SSSR count). The molecule has 0 amide bonds. The Hall–Kier alpha value is -2.07. The van der Waals surface area contributed by atoms with Crippen LogP contribution < -0.4 is 10.4 Å². The van der Waals surface area contributed by atoms with E-state index in [4.69, 9.17) is 0 Å². The third-order valence-electron chi connectivity index (χ3n) is 7.32. The SMILES string of the molecule is C=CC=CC.CN(C1CCCCC1)[Si](=O)CC1=c2c(cccc3c4c(cc2-3)=CC=CC4)C=CC1.[Ti]. The Bertz CT molecular complexity index is 1230. The second-order valence-corrected chi connectivity index (χ2v) is 11.4. The molecule has 0 heterocycles. The molecule has 0 saturated heterocycles. The fourth-order valence-electron chi connectivity index (χ4n) is 5.50. The van der Waals surface area contributed by atoms with Gasteiger partial charge in [0.05, 0.1) is 0 Å². The summed E-state index contributed by atoms with van der Waals surface area (Å²) in [6.07, 6.45) is 24.9. The van der Waals surface area contributed by atoms with E-state index in [0.29, 0.717) is 12.1 Å². The van der Waals surface area contributed by atoms with Gasteiger partial charge in [-0.2, -0.15) is 0 Å². The number of hydrogen-bond acceptors (Lipinski definition) is 1. The zero-order valence-electron chi connectivity index (χ0n) is 21.2. The van der Waals surface area contributed by atoms with Gasteiger partial charge in [0.25, 0.3) is 0 Å². The van der Waals surface area contributed by atoms with Crippen molar-refractivity contribution in [2.75, 3.05) is 7.05 Å². The van der Waals surface area contributed by atoms with Crippen LogP contribution in [0.5, 0.6) is 0 Å². The van der Waals surface area contributed by atoms with Gasteiger partial charge in [-0.1, -0.05) is 98.2 Å². The maximum absolute atomic E-state index is 13.4. The van der Waals surface area contributed by atoms with Crippen LogP contribution in [0.15, 0.2) is 67.3 Å². The molecular formula is C31H37NOSiTi. The second kappa shape index (κ2) is 13.3. The maximum atomic E-state index is 13.4. The summed E-state index contributed by atoms with van der Waals surface area (Å²) in [5.41, 5.74) is 6.75. The summed E-state index contributed by atoms with van der Waals surface area (Å²) >= 11 is 0. The summed E-state index contributed by atoms with van der Waals surface area (Å²) in [7, 11) is 0.291. The molecule has 0 spiro atoms. The van der Waals surface area contributed by atoms with Crippen LogP contribution in [-0.2, 0) is 32.6 Å². The van der Waals surface area contributed by atoms with Crippen LogP contribution in [0.3, 0.4) is 0 Å². The van der Waals surface area contributed by atoms with Crippen LogP contribution in [0.25, 0.3) is 28.9 Å². The summed E-state index contributed by atoms with van der Waals surface area (Å²) in [5.74, 6) is 0. The fourth-order valence-corrected chi connectivity index (χ4v) is 7.10. The summed E-state index contributed by atoms with van der Waals surface area (Å²) < 4.78 is 15.6. The number of fused-ring (bicyclic) bond motifs is 5. The van der Waals surface area contributed by atoms with Gasteiger partial charge < -0.3 is 9.03 Å². The molecule has 0 N–H and O–H groups in total. The Balaban J connectivity index is 0.000000521. The van der Waals surface area contributed by atoms with Crippen LogP contribution in [0.4, 0.5) is 0 Å². The van der Waals surface area contributed by atoms with Gasteiger partial charge in [-0.25, -0.2) is 0 Å². The Morgan fingerprint density at radius 3 is 2.63 bits per heavy atom. The molecule has 2 nitrogen and oxygen atoms in total. The minimum absolute atomic E-state index is 0. The molecule has 0 bridgehead atoms. The number of nitrogens with zero attached hydrogens (tertiary/aromatic N) is 1. The Kier molecular flexibility index (Phi) is 10.5. The van der Waals surface area contributed by atoms with Crippen LogP contribution >= 0.6 is 0 Å². The van der Waals surface area contributed by atoms with E-state index in [1.165, 1.54) is 70.4 Å². The standard InChI is InChI=1S/C26H29NOSi.C5H8.Ti/c1-27(22-13-3-2-4-14-22)29(28)18-21-12-7-10-19-11-8-16-24-23-15-6-5-9-20(23)17-25(24)26(19)21;1-3-5-4-2;/h5-11,16-17,22H,2-4,12-15,18H2,1H3;3-5H,1H2,2H3;. The first-order chi connectivity index (χ1) is 16.6. The molecule has 1 fully saturated rings. The van der Waals surface area contributed by atoms with E-state index in [2.05, 4.69) is 72.8 Å². The smallest absolute Gasteiger partial charge is 0.377 e. The van der Waals surface area contributed by atoms with Crippen molar-refractivity contribution >= 4 is 26.6 Å². The van der Waals surface area contributed by atoms with Crippen molar-refractivity contribution in [1.29, 1.82) is 0 Å². The Morgan fingerprint density at radius 2 is 1.91 bits per heavy atom. The van der Waals surface area contributed by atoms with Crippen molar-refractivity contribution in [1.82, 2.24) is 4.57 Å². The average Bonchev–Trinajstić information content (AvgIpc) is 3.12. The van der Waals surface area contributed by atoms with Crippen molar-refractivity contribution in [2.24, 2.45) is 0 Å². The van der Waals surface area contributed by atoms with E-state index in [1.54, 1.807) is 6.08 Å². The molecule has 0 aromatic rings. The molecule has 1 saturated carbocycles. The first-order valence-electron chi connectivity index (χ1n) is 12.7. The van der Waals surface area contributed by atoms with Gasteiger partial charge in [0.2, 0.25) is 0 Å². The maximum Gasteiger partial charge on any atom is 0.398 e. The minimum atomic E-state index is -1.81. The topological polar surface area (TPSA) is 20.3 Å². The van der Waals surface area contributed by atoms with Crippen molar-refractivity contribution in [3.8, 4) is 11.1 Å². The third kappa shape index (κ3) is 6.39. The summed E-state index contributed by atoms with van der Waals surface area (Å²) in [6, 6.07) is 10.3. The molecule has 0 atom stereocenters. The average molecular weight is 516 g/mol. The van der Waals surface area contributed by atoms with E-state index in [-0.39, 0.29) is 21.7 Å². The predicted molar refractivity (Wildman–Crippen MR) is 148 cm³/mol. The van der Waals surface area contributed by atoms with Crippen LogP contribution in [0.2, 0.25) is 6.04 Å². The number of hydrogen-bond donors (Lipinski definition) is 0. The molecule has 35 heavy (non-hydrogen) atoms. The monoisotopic (exact) mass is 515 g/mol. The summed E-state index contributed by atoms with van der Waals surface area (Å²) in [4.78, 5) is 0. The summed E-state index contributed by atoms with van der Waals surface area (Å²) in [5, 5.41) is 2.68. The van der Waals surface area contributed by atoms with Crippen LogP contribution in [0.1, 0.15) is 56.6 Å². The Labute approximate surface area is 227 Å². The largest absolute Gasteiger partial charge is 0.398 e. The molecule has 0 aromatic carbocycles. The zero-order valence-corrected chi connectivity index (χ0v) is 23.8. The van der Waals surface area contributed by atoms with Gasteiger partial charge in [-0.15, -0.1) is 0 Å². The normalized spacial score (nSPS) is 16.5. The molecule has 0 radical (unpaired) electrons. The zero-order chi connectivity index (χ0) is 23.9. The first kappa shape index (κ1) is 27.5. The molecule has 0 unspecified atom stereocenters. The molecular weight excluding hydrogens is 478 g/mol. The molecule has 5 aliphatic rings. The quantitative estimate of drug-likeness (QED) is 0.350. The number of rotatable bonds is 5. The predicted octanol–water partition coefficient (Wildman–Crippen LogP) is 6.18. The van der Waals surface area contributed by atoms with Gasteiger partial charge >= 0.3 is 8.84 Å².